The molecule has 2 N–H and O–H groups in total. The number of nitrogens with one attached hydrogen (secondary N) is 2. The van der Waals surface area contributed by atoms with Gasteiger partial charge in [0.2, 0.25) is 11.8 Å². The van der Waals surface area contributed by atoms with Crippen LogP contribution in [-0.4, -0.2) is 16.8 Å². The van der Waals surface area contributed by atoms with Gasteiger partial charge in [-0.25, -0.2) is 5.48 Å². The second-order valence-electron chi connectivity index (χ2n) is 6.62. The molecular formula is C23H23N3O3. The molecular weight excluding hydrogens is 366 g/mol. The summed E-state index contributed by atoms with van der Waals surface area (Å²) in [4.78, 5) is 34.4. The van der Waals surface area contributed by atoms with Crippen molar-refractivity contribution in [2.75, 3.05) is 5.32 Å². The van der Waals surface area contributed by atoms with Gasteiger partial charge in [-0.2, -0.15) is 0 Å². The third-order valence-electron chi connectivity index (χ3n) is 4.34. The number of amides is 2. The number of carbonyl (C=O) groups excluding carboxylic acids is 2. The van der Waals surface area contributed by atoms with E-state index < -0.39 is 5.92 Å². The predicted octanol–water partition coefficient (Wildman–Crippen LogP) is 3.52. The number of hydrogen-bond donors (Lipinski definition) is 2. The number of hydrogen-bond acceptors (Lipinski definition) is 4. The number of aromatic nitrogens is 1. The van der Waals surface area contributed by atoms with E-state index in [2.05, 4.69) is 15.8 Å². The maximum Gasteiger partial charge on any atom is 0.244 e. The lowest BCUT2D eigenvalue weighted by Gasteiger charge is -2.17. The van der Waals surface area contributed by atoms with E-state index in [0.29, 0.717) is 12.1 Å². The highest BCUT2D eigenvalue weighted by Gasteiger charge is 2.23. The minimum atomic E-state index is -0.536. The van der Waals surface area contributed by atoms with Crippen molar-refractivity contribution in [1.29, 1.82) is 0 Å². The van der Waals surface area contributed by atoms with Crippen LogP contribution in [0.2, 0.25) is 0 Å². The largest absolute Gasteiger partial charge is 0.326 e. The summed E-state index contributed by atoms with van der Waals surface area (Å²) in [5, 5.41) is 2.85. The Morgan fingerprint density at radius 1 is 0.862 bits per heavy atom. The Labute approximate surface area is 169 Å². The molecule has 1 aromatic heterocycles. The number of hydroxylamine groups is 1. The van der Waals surface area contributed by atoms with Gasteiger partial charge in [0, 0.05) is 24.5 Å². The molecule has 0 fully saturated rings. The summed E-state index contributed by atoms with van der Waals surface area (Å²) in [6.45, 7) is 0.263. The molecule has 0 spiro atoms. The van der Waals surface area contributed by atoms with Crippen molar-refractivity contribution >= 4 is 17.5 Å². The van der Waals surface area contributed by atoms with Crippen molar-refractivity contribution in [2.45, 2.75) is 19.4 Å². The lowest BCUT2D eigenvalue weighted by molar-refractivity contribution is -0.137. The summed E-state index contributed by atoms with van der Waals surface area (Å²) in [6.07, 6.45) is 3.67. The van der Waals surface area contributed by atoms with Crippen LogP contribution in [0.4, 0.5) is 5.69 Å². The van der Waals surface area contributed by atoms with E-state index in [0.717, 1.165) is 11.1 Å². The topological polar surface area (TPSA) is 80.3 Å². The number of anilines is 1. The van der Waals surface area contributed by atoms with Crippen LogP contribution >= 0.6 is 0 Å². The molecule has 2 aromatic carbocycles. The van der Waals surface area contributed by atoms with Crippen LogP contribution in [0.1, 0.15) is 17.5 Å². The highest BCUT2D eigenvalue weighted by Crippen LogP contribution is 2.16. The molecule has 6 nitrogen and oxygen atoms in total. The highest BCUT2D eigenvalue weighted by atomic mass is 16.6. The molecule has 2 amide bonds. The van der Waals surface area contributed by atoms with Crippen LogP contribution in [-0.2, 0) is 27.5 Å². The average Bonchev–Trinajstić information content (AvgIpc) is 2.75. The maximum atomic E-state index is 12.8. The zero-order valence-corrected chi connectivity index (χ0v) is 16.0. The van der Waals surface area contributed by atoms with Crippen LogP contribution in [0.15, 0.2) is 85.2 Å². The van der Waals surface area contributed by atoms with Gasteiger partial charge in [-0.1, -0.05) is 60.7 Å². The fourth-order valence-corrected chi connectivity index (χ4v) is 2.88. The predicted molar refractivity (Wildman–Crippen MR) is 110 cm³/mol. The number of nitrogens with zero attached hydrogens (tertiary/aromatic N) is 1. The van der Waals surface area contributed by atoms with Gasteiger partial charge in [-0.15, -0.1) is 0 Å². The molecule has 0 aliphatic carbocycles. The number of rotatable bonds is 9. The standard InChI is InChI=1S/C23H23N3O3/c27-22(26-29-17-19-9-5-2-6-10-19)16-20(15-18-7-3-1-4-8-18)23(28)25-21-11-13-24-14-12-21/h1-14,20H,15-17H2,(H,26,27)(H,24,25,28). The van der Waals surface area contributed by atoms with E-state index in [1.165, 1.54) is 0 Å². The fraction of sp³-hybridized carbons (Fsp3) is 0.174. The Morgan fingerprint density at radius 3 is 2.14 bits per heavy atom. The van der Waals surface area contributed by atoms with Crippen LogP contribution in [0, 0.1) is 5.92 Å². The Balaban J connectivity index is 1.59. The molecule has 3 rings (SSSR count). The maximum absolute atomic E-state index is 12.8. The summed E-state index contributed by atoms with van der Waals surface area (Å²) < 4.78 is 0. The molecule has 6 heteroatoms. The summed E-state index contributed by atoms with van der Waals surface area (Å²) in [5.41, 5.74) is 5.01. The molecule has 0 saturated heterocycles. The molecule has 0 aliphatic heterocycles. The minimum Gasteiger partial charge on any atom is -0.326 e. The first kappa shape index (κ1) is 20.2. The van der Waals surface area contributed by atoms with Gasteiger partial charge < -0.3 is 5.32 Å². The molecule has 0 saturated carbocycles. The van der Waals surface area contributed by atoms with E-state index in [4.69, 9.17) is 4.84 Å². The van der Waals surface area contributed by atoms with Gasteiger partial charge in [0.15, 0.2) is 0 Å². The molecule has 1 atom stereocenters. The van der Waals surface area contributed by atoms with Gasteiger partial charge in [-0.3, -0.25) is 19.4 Å². The van der Waals surface area contributed by atoms with Gasteiger partial charge in [0.1, 0.15) is 0 Å². The fourth-order valence-electron chi connectivity index (χ4n) is 2.88. The molecule has 0 bridgehead atoms. The zero-order valence-electron chi connectivity index (χ0n) is 16.0. The lowest BCUT2D eigenvalue weighted by atomic mass is 9.95. The summed E-state index contributed by atoms with van der Waals surface area (Å²) in [7, 11) is 0. The SMILES string of the molecule is O=C(CC(Cc1ccccc1)C(=O)Nc1ccncc1)NOCc1ccccc1. The number of benzene rings is 2. The smallest absolute Gasteiger partial charge is 0.244 e. The Kier molecular flexibility index (Phi) is 7.48. The van der Waals surface area contributed by atoms with E-state index in [1.54, 1.807) is 24.5 Å². The van der Waals surface area contributed by atoms with Crippen LogP contribution in [0.25, 0.3) is 0 Å². The Morgan fingerprint density at radius 2 is 1.48 bits per heavy atom. The molecule has 1 heterocycles. The monoisotopic (exact) mass is 389 g/mol. The quantitative estimate of drug-likeness (QED) is 0.549. The van der Waals surface area contributed by atoms with Crippen molar-refractivity contribution in [1.82, 2.24) is 10.5 Å². The molecule has 3 aromatic rings. The number of carbonyl (C=O) groups is 2. The van der Waals surface area contributed by atoms with E-state index in [1.807, 2.05) is 60.7 Å². The van der Waals surface area contributed by atoms with Gasteiger partial charge in [-0.05, 0) is 29.7 Å². The third kappa shape index (κ3) is 6.86. The second kappa shape index (κ2) is 10.7. The van der Waals surface area contributed by atoms with E-state index >= 15 is 0 Å². The zero-order chi connectivity index (χ0) is 20.3. The van der Waals surface area contributed by atoms with E-state index in [-0.39, 0.29) is 24.8 Å². The molecule has 0 radical (unpaired) electrons. The third-order valence-corrected chi connectivity index (χ3v) is 4.34. The first-order chi connectivity index (χ1) is 14.2. The lowest BCUT2D eigenvalue weighted by Crippen LogP contribution is -2.32. The summed E-state index contributed by atoms with van der Waals surface area (Å²) in [6, 6.07) is 22.6. The van der Waals surface area contributed by atoms with Crippen molar-refractivity contribution in [3.63, 3.8) is 0 Å². The van der Waals surface area contributed by atoms with Crippen molar-refractivity contribution in [2.24, 2.45) is 5.92 Å². The van der Waals surface area contributed by atoms with Crippen LogP contribution in [0.5, 0.6) is 0 Å². The average molecular weight is 389 g/mol. The van der Waals surface area contributed by atoms with Crippen molar-refractivity contribution in [3.05, 3.63) is 96.3 Å². The second-order valence-corrected chi connectivity index (χ2v) is 6.62. The molecule has 1 unspecified atom stereocenters. The molecule has 148 valence electrons. The van der Waals surface area contributed by atoms with Crippen LogP contribution in [0.3, 0.4) is 0 Å². The molecule has 0 aliphatic rings. The summed E-state index contributed by atoms with van der Waals surface area (Å²) in [5.74, 6) is -1.10. The first-order valence-electron chi connectivity index (χ1n) is 9.40. The van der Waals surface area contributed by atoms with Gasteiger partial charge >= 0.3 is 0 Å². The summed E-state index contributed by atoms with van der Waals surface area (Å²) >= 11 is 0. The molecule has 29 heavy (non-hydrogen) atoms. The van der Waals surface area contributed by atoms with E-state index in [9.17, 15) is 9.59 Å². The van der Waals surface area contributed by atoms with Crippen molar-refractivity contribution < 1.29 is 14.4 Å². The van der Waals surface area contributed by atoms with Crippen LogP contribution < -0.4 is 10.8 Å². The normalized spacial score (nSPS) is 11.4. The number of pyridine rings is 1. The Hall–Kier alpha value is -3.51. The van der Waals surface area contributed by atoms with Gasteiger partial charge in [0.05, 0.1) is 12.5 Å². The highest BCUT2D eigenvalue weighted by molar-refractivity contribution is 5.95. The Bertz CT molecular complexity index is 902. The van der Waals surface area contributed by atoms with Gasteiger partial charge in [0.25, 0.3) is 0 Å². The first-order valence-corrected chi connectivity index (χ1v) is 9.40. The van der Waals surface area contributed by atoms with Crippen molar-refractivity contribution in [3.8, 4) is 0 Å². The minimum absolute atomic E-state index is 0.0145.